The first-order valence-electron chi connectivity index (χ1n) is 10.9. The molecule has 0 saturated heterocycles. The predicted molar refractivity (Wildman–Crippen MR) is 135 cm³/mol. The van der Waals surface area contributed by atoms with Gasteiger partial charge in [0.1, 0.15) is 5.82 Å². The Bertz CT molecular complexity index is 1350. The highest BCUT2D eigenvalue weighted by Gasteiger charge is 2.25. The minimum absolute atomic E-state index is 0.000272. The fourth-order valence-corrected chi connectivity index (χ4v) is 5.60. The summed E-state index contributed by atoms with van der Waals surface area (Å²) in [5.41, 5.74) is 4.00. The molecule has 8 heteroatoms. The molecule has 2 aromatic carbocycles. The highest BCUT2D eigenvalue weighted by molar-refractivity contribution is 7.14. The van der Waals surface area contributed by atoms with E-state index in [-0.39, 0.29) is 11.8 Å². The Hall–Kier alpha value is -3.36. The van der Waals surface area contributed by atoms with Crippen molar-refractivity contribution in [2.45, 2.75) is 19.3 Å². The minimum Gasteiger partial charge on any atom is -0.308 e. The lowest BCUT2D eigenvalue weighted by molar-refractivity contribution is -0.117. The van der Waals surface area contributed by atoms with Crippen LogP contribution in [0.2, 0.25) is 0 Å². The molecule has 0 unspecified atom stereocenters. The number of thiazole rings is 1. The van der Waals surface area contributed by atoms with Crippen molar-refractivity contribution in [2.24, 2.45) is 0 Å². The van der Waals surface area contributed by atoms with Gasteiger partial charge in [0.15, 0.2) is 5.13 Å². The number of aryl methyl sites for hydroxylation is 1. The van der Waals surface area contributed by atoms with Crippen molar-refractivity contribution < 1.29 is 14.0 Å². The third kappa shape index (κ3) is 4.51. The average Bonchev–Trinajstić information content (AvgIpc) is 3.55. The van der Waals surface area contributed by atoms with Crippen LogP contribution in [0.3, 0.4) is 0 Å². The maximum atomic E-state index is 13.6. The van der Waals surface area contributed by atoms with Crippen molar-refractivity contribution in [1.29, 1.82) is 0 Å². The second-order valence-corrected chi connectivity index (χ2v) is 10.0. The van der Waals surface area contributed by atoms with Crippen LogP contribution in [-0.4, -0.2) is 30.4 Å². The molecule has 0 aliphatic carbocycles. The minimum atomic E-state index is -0.420. The van der Waals surface area contributed by atoms with Crippen molar-refractivity contribution in [1.82, 2.24) is 4.98 Å². The molecule has 0 radical (unpaired) electrons. The van der Waals surface area contributed by atoms with E-state index >= 15 is 0 Å². The molecule has 2 aromatic heterocycles. The molecule has 2 amide bonds. The average molecular weight is 492 g/mol. The summed E-state index contributed by atoms with van der Waals surface area (Å²) in [7, 11) is 1.75. The van der Waals surface area contributed by atoms with Gasteiger partial charge < -0.3 is 4.90 Å². The number of aromatic nitrogens is 1. The Morgan fingerprint density at radius 1 is 1.12 bits per heavy atom. The summed E-state index contributed by atoms with van der Waals surface area (Å²) in [5, 5.41) is 4.56. The first kappa shape index (κ1) is 22.4. The highest BCUT2D eigenvalue weighted by atomic mass is 32.1. The van der Waals surface area contributed by atoms with E-state index in [1.165, 1.54) is 23.5 Å². The molecule has 0 saturated carbocycles. The number of nitrogens with zero attached hydrogens (tertiary/aromatic N) is 3. The lowest BCUT2D eigenvalue weighted by Gasteiger charge is -2.30. The molecule has 0 atom stereocenters. The number of carbonyl (C=O) groups is 2. The molecule has 34 heavy (non-hydrogen) atoms. The van der Waals surface area contributed by atoms with Gasteiger partial charge in [0.2, 0.25) is 5.91 Å². The molecular formula is C26H22FN3O2S2. The maximum Gasteiger partial charge on any atom is 0.258 e. The molecule has 0 spiro atoms. The van der Waals surface area contributed by atoms with E-state index in [0.717, 1.165) is 40.2 Å². The van der Waals surface area contributed by atoms with Crippen LogP contribution in [0.4, 0.5) is 15.2 Å². The number of thiophene rings is 1. The van der Waals surface area contributed by atoms with Crippen LogP contribution < -0.4 is 9.80 Å². The fraction of sp³-hybridized carbons (Fsp3) is 0.192. The maximum absolute atomic E-state index is 13.6. The van der Waals surface area contributed by atoms with Crippen LogP contribution in [0.5, 0.6) is 0 Å². The van der Waals surface area contributed by atoms with Crippen molar-refractivity contribution in [2.75, 3.05) is 23.4 Å². The fourth-order valence-electron chi connectivity index (χ4n) is 4.08. The molecule has 172 valence electrons. The number of carbonyl (C=O) groups excluding carboxylic acids is 2. The third-order valence-electron chi connectivity index (χ3n) is 5.87. The zero-order chi connectivity index (χ0) is 23.7. The Kier molecular flexibility index (Phi) is 6.26. The number of rotatable bonds is 5. The van der Waals surface area contributed by atoms with E-state index in [9.17, 15) is 14.0 Å². The van der Waals surface area contributed by atoms with E-state index in [4.69, 9.17) is 4.98 Å². The zero-order valence-corrected chi connectivity index (χ0v) is 20.2. The lowest BCUT2D eigenvalue weighted by Crippen LogP contribution is -2.35. The summed E-state index contributed by atoms with van der Waals surface area (Å²) in [6.07, 6.45) is 2.04. The summed E-state index contributed by atoms with van der Waals surface area (Å²) < 4.78 is 13.6. The molecule has 3 heterocycles. The van der Waals surface area contributed by atoms with E-state index in [0.29, 0.717) is 23.7 Å². The van der Waals surface area contributed by atoms with Crippen LogP contribution in [0, 0.1) is 5.82 Å². The van der Waals surface area contributed by atoms with Gasteiger partial charge in [-0.3, -0.25) is 14.5 Å². The molecule has 0 fully saturated rings. The second kappa shape index (κ2) is 9.48. The van der Waals surface area contributed by atoms with Crippen molar-refractivity contribution >= 4 is 45.3 Å². The van der Waals surface area contributed by atoms with Crippen molar-refractivity contribution in [3.05, 3.63) is 87.2 Å². The SMILES string of the molecule is CN(C(=O)Cc1cccs1)c1nc(-c2ccc3c(c2)CCCN3C(=O)c2cccc(F)c2)cs1. The topological polar surface area (TPSA) is 53.5 Å². The number of halogens is 1. The summed E-state index contributed by atoms with van der Waals surface area (Å²) in [5.74, 6) is -0.619. The quantitative estimate of drug-likeness (QED) is 0.354. The van der Waals surface area contributed by atoms with Crippen molar-refractivity contribution in [3.8, 4) is 11.3 Å². The summed E-state index contributed by atoms with van der Waals surface area (Å²) in [6, 6.07) is 15.7. The Labute approximate surface area is 205 Å². The number of hydrogen-bond acceptors (Lipinski definition) is 5. The molecular weight excluding hydrogens is 469 g/mol. The number of fused-ring (bicyclic) bond motifs is 1. The van der Waals surface area contributed by atoms with Gasteiger partial charge in [0.05, 0.1) is 12.1 Å². The van der Waals surface area contributed by atoms with E-state index in [2.05, 4.69) is 6.07 Å². The monoisotopic (exact) mass is 491 g/mol. The number of benzene rings is 2. The summed E-state index contributed by atoms with van der Waals surface area (Å²) in [4.78, 5) is 34.7. The van der Waals surface area contributed by atoms with Crippen LogP contribution in [0.25, 0.3) is 11.3 Å². The lowest BCUT2D eigenvalue weighted by atomic mass is 9.97. The van der Waals surface area contributed by atoms with E-state index in [1.54, 1.807) is 40.3 Å². The van der Waals surface area contributed by atoms with E-state index in [1.807, 2.05) is 35.0 Å². The van der Waals surface area contributed by atoms with Gasteiger partial charge in [-0.05, 0) is 60.2 Å². The molecule has 1 aliphatic rings. The van der Waals surface area contributed by atoms with Gasteiger partial charge in [0.25, 0.3) is 5.91 Å². The Balaban J connectivity index is 1.36. The van der Waals surface area contributed by atoms with Crippen LogP contribution in [0.1, 0.15) is 27.2 Å². The van der Waals surface area contributed by atoms with Gasteiger partial charge >= 0.3 is 0 Å². The number of hydrogen-bond donors (Lipinski definition) is 0. The summed E-state index contributed by atoms with van der Waals surface area (Å²) >= 11 is 3.00. The number of amides is 2. The first-order chi connectivity index (χ1) is 16.5. The number of anilines is 2. The standard InChI is InChI=1S/C26H22FN3O2S2/c1-29(24(31)15-21-8-4-12-33-21)26-28-22(16-34-26)17-9-10-23-18(13-17)6-3-11-30(23)25(32)19-5-2-7-20(27)14-19/h2,4-5,7-10,12-14,16H,3,6,11,15H2,1H3. The first-order valence-corrected chi connectivity index (χ1v) is 12.7. The molecule has 5 rings (SSSR count). The van der Waals surface area contributed by atoms with Crippen LogP contribution >= 0.6 is 22.7 Å². The van der Waals surface area contributed by atoms with E-state index < -0.39 is 5.82 Å². The zero-order valence-electron chi connectivity index (χ0n) is 18.5. The normalized spacial score (nSPS) is 12.9. The Morgan fingerprint density at radius 3 is 2.79 bits per heavy atom. The number of likely N-dealkylation sites (N-methyl/N-ethyl adjacent to an activating group) is 1. The van der Waals surface area contributed by atoms with Gasteiger partial charge in [-0.25, -0.2) is 9.37 Å². The molecule has 0 N–H and O–H groups in total. The Morgan fingerprint density at radius 2 is 2.00 bits per heavy atom. The van der Waals surface area contributed by atoms with Gasteiger partial charge in [0, 0.05) is 40.7 Å². The summed E-state index contributed by atoms with van der Waals surface area (Å²) in [6.45, 7) is 0.597. The molecule has 0 bridgehead atoms. The van der Waals surface area contributed by atoms with Crippen LogP contribution in [-0.2, 0) is 17.6 Å². The van der Waals surface area contributed by atoms with Gasteiger partial charge in [-0.2, -0.15) is 0 Å². The van der Waals surface area contributed by atoms with Crippen LogP contribution in [0.15, 0.2) is 65.4 Å². The highest BCUT2D eigenvalue weighted by Crippen LogP contribution is 2.34. The second-order valence-electron chi connectivity index (χ2n) is 8.14. The molecule has 4 aromatic rings. The molecule has 5 nitrogen and oxygen atoms in total. The van der Waals surface area contributed by atoms with Crippen molar-refractivity contribution in [3.63, 3.8) is 0 Å². The smallest absolute Gasteiger partial charge is 0.258 e. The van der Waals surface area contributed by atoms with Gasteiger partial charge in [-0.15, -0.1) is 22.7 Å². The molecule has 1 aliphatic heterocycles. The largest absolute Gasteiger partial charge is 0.308 e. The predicted octanol–water partition coefficient (Wildman–Crippen LogP) is 5.81. The third-order valence-corrected chi connectivity index (χ3v) is 7.66. The van der Waals surface area contributed by atoms with Gasteiger partial charge in [-0.1, -0.05) is 18.2 Å².